The van der Waals surface area contributed by atoms with Crippen LogP contribution >= 0.6 is 38.9 Å². The van der Waals surface area contributed by atoms with Gasteiger partial charge in [-0.25, -0.2) is 4.98 Å². The Labute approximate surface area is 102 Å². The molecule has 0 saturated heterocycles. The predicted molar refractivity (Wildman–Crippen MR) is 65.2 cm³/mol. The lowest BCUT2D eigenvalue weighted by atomic mass is 10.5. The Morgan fingerprint density at radius 2 is 2.40 bits per heavy atom. The van der Waals surface area contributed by atoms with Gasteiger partial charge in [0.2, 0.25) is 0 Å². The van der Waals surface area contributed by atoms with Crippen molar-refractivity contribution in [2.24, 2.45) is 0 Å². The van der Waals surface area contributed by atoms with Crippen LogP contribution in [-0.2, 0) is 0 Å². The van der Waals surface area contributed by atoms with Crippen LogP contribution in [0, 0.1) is 0 Å². The van der Waals surface area contributed by atoms with E-state index in [1.54, 1.807) is 0 Å². The normalized spacial score (nSPS) is 10.3. The number of hydrogen-bond acceptors (Lipinski definition) is 4. The van der Waals surface area contributed by atoms with Crippen molar-refractivity contribution in [2.45, 2.75) is 0 Å². The van der Waals surface area contributed by atoms with Crippen LogP contribution < -0.4 is 10.9 Å². The van der Waals surface area contributed by atoms with E-state index in [0.717, 1.165) is 5.69 Å². The van der Waals surface area contributed by atoms with Gasteiger partial charge in [0.1, 0.15) is 8.81 Å². The maximum atomic E-state index is 11.2. The highest BCUT2D eigenvalue weighted by molar-refractivity contribution is 9.10. The van der Waals surface area contributed by atoms with Gasteiger partial charge < -0.3 is 10.3 Å². The second kappa shape index (κ2) is 4.34. The fourth-order valence-corrected chi connectivity index (χ4v) is 2.13. The maximum Gasteiger partial charge on any atom is 0.267 e. The summed E-state index contributed by atoms with van der Waals surface area (Å²) in [6, 6.07) is 1.82. The third-order valence-corrected chi connectivity index (χ3v) is 3.57. The standard InChI is InChI=1S/C8H5BrClN3OS/c9-5-7(11-3-12-8(5)14)13-4-1-2-15-6(4)10/h1-3H,(H2,11,12,13,14). The van der Waals surface area contributed by atoms with Crippen molar-refractivity contribution < 1.29 is 0 Å². The molecule has 0 atom stereocenters. The van der Waals surface area contributed by atoms with Crippen LogP contribution in [0.2, 0.25) is 4.34 Å². The SMILES string of the molecule is O=c1[nH]cnc(Nc2ccsc2Cl)c1Br. The summed E-state index contributed by atoms with van der Waals surface area (Å²) in [6.07, 6.45) is 1.33. The van der Waals surface area contributed by atoms with Gasteiger partial charge in [0.25, 0.3) is 5.56 Å². The number of nitrogens with one attached hydrogen (secondary N) is 2. The molecule has 0 fully saturated rings. The average Bonchev–Trinajstić information content (AvgIpc) is 2.60. The van der Waals surface area contributed by atoms with Crippen molar-refractivity contribution in [2.75, 3.05) is 5.32 Å². The van der Waals surface area contributed by atoms with Crippen LogP contribution in [0.3, 0.4) is 0 Å². The van der Waals surface area contributed by atoms with Gasteiger partial charge in [-0.05, 0) is 27.4 Å². The first-order chi connectivity index (χ1) is 7.18. The van der Waals surface area contributed by atoms with E-state index in [0.29, 0.717) is 14.6 Å². The third kappa shape index (κ3) is 2.22. The van der Waals surface area contributed by atoms with E-state index in [1.165, 1.54) is 17.7 Å². The molecule has 78 valence electrons. The van der Waals surface area contributed by atoms with Crippen LogP contribution in [0.4, 0.5) is 11.5 Å². The lowest BCUT2D eigenvalue weighted by Gasteiger charge is -2.04. The van der Waals surface area contributed by atoms with Crippen molar-refractivity contribution in [3.05, 3.63) is 36.9 Å². The Kier molecular flexibility index (Phi) is 3.08. The Morgan fingerprint density at radius 3 is 3.07 bits per heavy atom. The molecule has 0 saturated carbocycles. The molecule has 2 aromatic rings. The predicted octanol–water partition coefficient (Wildman–Crippen LogP) is 2.99. The average molecular weight is 307 g/mol. The van der Waals surface area contributed by atoms with Gasteiger partial charge >= 0.3 is 0 Å². The van der Waals surface area contributed by atoms with E-state index in [-0.39, 0.29) is 5.56 Å². The first kappa shape index (κ1) is 10.7. The topological polar surface area (TPSA) is 57.8 Å². The Hall–Kier alpha value is -0.850. The number of anilines is 2. The minimum absolute atomic E-state index is 0.237. The van der Waals surface area contributed by atoms with Gasteiger partial charge in [0.15, 0.2) is 5.82 Å². The van der Waals surface area contributed by atoms with Crippen LogP contribution in [0.15, 0.2) is 27.0 Å². The summed E-state index contributed by atoms with van der Waals surface area (Å²) in [5, 5.41) is 4.81. The number of hydrogen-bond donors (Lipinski definition) is 2. The summed E-state index contributed by atoms with van der Waals surface area (Å²) < 4.78 is 0.983. The molecule has 15 heavy (non-hydrogen) atoms. The van der Waals surface area contributed by atoms with Crippen LogP contribution in [0.5, 0.6) is 0 Å². The zero-order valence-electron chi connectivity index (χ0n) is 7.25. The number of halogens is 2. The molecule has 2 heterocycles. The van der Waals surface area contributed by atoms with Crippen LogP contribution in [-0.4, -0.2) is 9.97 Å². The van der Waals surface area contributed by atoms with Crippen LogP contribution in [0.25, 0.3) is 0 Å². The molecule has 2 aromatic heterocycles. The Balaban J connectivity index is 2.37. The number of aromatic nitrogens is 2. The molecule has 0 radical (unpaired) electrons. The summed E-state index contributed by atoms with van der Waals surface area (Å²) in [6.45, 7) is 0. The van der Waals surface area contributed by atoms with E-state index in [9.17, 15) is 4.79 Å². The van der Waals surface area contributed by atoms with E-state index in [4.69, 9.17) is 11.6 Å². The highest BCUT2D eigenvalue weighted by Crippen LogP contribution is 2.30. The Bertz CT molecular complexity index is 539. The number of nitrogens with zero attached hydrogens (tertiary/aromatic N) is 1. The quantitative estimate of drug-likeness (QED) is 0.897. The van der Waals surface area contributed by atoms with Crippen molar-refractivity contribution in [3.63, 3.8) is 0 Å². The van der Waals surface area contributed by atoms with Crippen molar-refractivity contribution in [1.29, 1.82) is 0 Å². The fraction of sp³-hybridized carbons (Fsp3) is 0. The van der Waals surface area contributed by atoms with Gasteiger partial charge in [0.05, 0.1) is 12.0 Å². The number of aromatic amines is 1. The fourth-order valence-electron chi connectivity index (χ4n) is 0.979. The smallest absolute Gasteiger partial charge is 0.267 e. The monoisotopic (exact) mass is 305 g/mol. The highest BCUT2D eigenvalue weighted by Gasteiger charge is 2.07. The molecule has 0 amide bonds. The molecule has 0 unspecified atom stereocenters. The Morgan fingerprint density at radius 1 is 1.60 bits per heavy atom. The van der Waals surface area contributed by atoms with E-state index >= 15 is 0 Å². The van der Waals surface area contributed by atoms with Gasteiger partial charge in [-0.2, -0.15) is 0 Å². The molecule has 0 aromatic carbocycles. The molecular weight excluding hydrogens is 302 g/mol. The molecule has 2 rings (SSSR count). The van der Waals surface area contributed by atoms with Crippen molar-refractivity contribution in [1.82, 2.24) is 9.97 Å². The minimum atomic E-state index is -0.237. The number of rotatable bonds is 2. The summed E-state index contributed by atoms with van der Waals surface area (Å²) >= 11 is 10.5. The molecule has 0 aliphatic carbocycles. The molecule has 0 aliphatic rings. The highest BCUT2D eigenvalue weighted by atomic mass is 79.9. The maximum absolute atomic E-state index is 11.2. The molecule has 0 bridgehead atoms. The minimum Gasteiger partial charge on any atom is -0.337 e. The van der Waals surface area contributed by atoms with E-state index in [2.05, 4.69) is 31.2 Å². The first-order valence-corrected chi connectivity index (χ1v) is 5.97. The third-order valence-electron chi connectivity index (χ3n) is 1.67. The number of thiophene rings is 1. The van der Waals surface area contributed by atoms with Gasteiger partial charge in [-0.3, -0.25) is 4.79 Å². The molecule has 0 spiro atoms. The van der Waals surface area contributed by atoms with Crippen molar-refractivity contribution >= 4 is 50.4 Å². The van der Waals surface area contributed by atoms with Gasteiger partial charge in [0, 0.05) is 0 Å². The van der Waals surface area contributed by atoms with E-state index in [1.807, 2.05) is 11.4 Å². The first-order valence-electron chi connectivity index (χ1n) is 3.91. The molecule has 2 N–H and O–H groups in total. The largest absolute Gasteiger partial charge is 0.337 e. The summed E-state index contributed by atoms with van der Waals surface area (Å²) in [5.41, 5.74) is 0.499. The lowest BCUT2D eigenvalue weighted by Crippen LogP contribution is -2.09. The zero-order valence-corrected chi connectivity index (χ0v) is 10.4. The zero-order chi connectivity index (χ0) is 10.8. The molecule has 4 nitrogen and oxygen atoms in total. The van der Waals surface area contributed by atoms with Gasteiger partial charge in [-0.1, -0.05) is 11.6 Å². The second-order valence-corrected chi connectivity index (χ2v) is 4.94. The van der Waals surface area contributed by atoms with E-state index < -0.39 is 0 Å². The molecule has 7 heteroatoms. The summed E-state index contributed by atoms with van der Waals surface area (Å²) in [5.74, 6) is 0.444. The lowest BCUT2D eigenvalue weighted by molar-refractivity contribution is 1.10. The number of H-pyrrole nitrogens is 1. The molecular formula is C8H5BrClN3OS. The summed E-state index contributed by atoms with van der Waals surface area (Å²) in [7, 11) is 0. The molecule has 0 aliphatic heterocycles. The summed E-state index contributed by atoms with van der Waals surface area (Å²) in [4.78, 5) is 17.7. The van der Waals surface area contributed by atoms with Crippen LogP contribution in [0.1, 0.15) is 0 Å². The second-order valence-electron chi connectivity index (χ2n) is 2.63. The van der Waals surface area contributed by atoms with Gasteiger partial charge in [-0.15, -0.1) is 11.3 Å². The van der Waals surface area contributed by atoms with Crippen molar-refractivity contribution in [3.8, 4) is 0 Å².